The highest BCUT2D eigenvalue weighted by Crippen LogP contribution is 2.22. The summed E-state index contributed by atoms with van der Waals surface area (Å²) in [4.78, 5) is 14.3. The lowest BCUT2D eigenvalue weighted by molar-refractivity contribution is -0.126. The Morgan fingerprint density at radius 3 is 1.96 bits per heavy atom. The van der Waals surface area contributed by atoms with E-state index in [4.69, 9.17) is 4.74 Å². The minimum Gasteiger partial charge on any atom is -0.383 e. The second kappa shape index (κ2) is 19.9. The summed E-state index contributed by atoms with van der Waals surface area (Å²) in [6.07, 6.45) is 20.8. The second-order valence-corrected chi connectivity index (χ2v) is 7.88. The van der Waals surface area contributed by atoms with E-state index in [9.17, 15) is 4.79 Å². The van der Waals surface area contributed by atoms with Crippen LogP contribution in [0.2, 0.25) is 0 Å². The lowest BCUT2D eigenvalue weighted by Gasteiger charge is -2.24. The minimum atomic E-state index is 0.124. The Morgan fingerprint density at radius 2 is 1.41 bits per heavy atom. The molecule has 0 heterocycles. The summed E-state index contributed by atoms with van der Waals surface area (Å²) in [5.41, 5.74) is 0. The molecule has 0 N–H and O–H groups in total. The first-order chi connectivity index (χ1) is 13.2. The first kappa shape index (κ1) is 26.2. The highest BCUT2D eigenvalue weighted by molar-refractivity contribution is 5.87. The molecule has 0 radical (unpaired) electrons. The third-order valence-corrected chi connectivity index (χ3v) is 5.43. The van der Waals surface area contributed by atoms with Crippen LogP contribution >= 0.6 is 0 Å². The van der Waals surface area contributed by atoms with E-state index in [1.807, 2.05) is 17.9 Å². The highest BCUT2D eigenvalue weighted by atomic mass is 16.5. The van der Waals surface area contributed by atoms with E-state index in [0.29, 0.717) is 13.2 Å². The summed E-state index contributed by atoms with van der Waals surface area (Å²) < 4.78 is 5.19. The summed E-state index contributed by atoms with van der Waals surface area (Å²) in [5.74, 6) is 0.885. The average molecular weight is 382 g/mol. The van der Waals surface area contributed by atoms with Crippen molar-refractivity contribution in [2.45, 2.75) is 104 Å². The summed E-state index contributed by atoms with van der Waals surface area (Å²) in [6, 6.07) is 0. The van der Waals surface area contributed by atoms with Crippen LogP contribution in [0.4, 0.5) is 0 Å². The molecular weight excluding hydrogens is 334 g/mol. The largest absolute Gasteiger partial charge is 0.383 e. The number of rotatable bonds is 19. The Bertz CT molecular complexity index is 354. The molecule has 0 saturated carbocycles. The van der Waals surface area contributed by atoms with Gasteiger partial charge in [-0.25, -0.2) is 0 Å². The summed E-state index contributed by atoms with van der Waals surface area (Å²) in [5, 5.41) is 0. The van der Waals surface area contributed by atoms with Gasteiger partial charge in [0.05, 0.1) is 6.61 Å². The van der Waals surface area contributed by atoms with Gasteiger partial charge in [-0.2, -0.15) is 0 Å². The van der Waals surface area contributed by atoms with E-state index in [1.54, 1.807) is 13.2 Å². The standard InChI is InChI=1S/C24H47NO2/c1-5-8-10-12-13-15-18-23(17-14-11-9-6-2)19-20-25(21-22-27-4)24(26)16-7-3/h7,16,23H,5-6,8-15,17-22H2,1-4H3/b16-7-. The molecule has 0 aromatic heterocycles. The molecule has 0 aliphatic carbocycles. The van der Waals surface area contributed by atoms with Gasteiger partial charge in [0, 0.05) is 20.2 Å². The van der Waals surface area contributed by atoms with Gasteiger partial charge in [-0.3, -0.25) is 4.79 Å². The molecular formula is C24H47NO2. The Labute approximate surface area is 169 Å². The van der Waals surface area contributed by atoms with E-state index in [2.05, 4.69) is 13.8 Å². The van der Waals surface area contributed by atoms with Crippen molar-refractivity contribution in [1.29, 1.82) is 0 Å². The number of hydrogen-bond acceptors (Lipinski definition) is 2. The quantitative estimate of drug-likeness (QED) is 0.183. The van der Waals surface area contributed by atoms with Gasteiger partial charge in [0.15, 0.2) is 0 Å². The molecule has 0 fully saturated rings. The molecule has 0 aliphatic heterocycles. The molecule has 0 rings (SSSR count). The fourth-order valence-corrected chi connectivity index (χ4v) is 3.63. The van der Waals surface area contributed by atoms with E-state index < -0.39 is 0 Å². The smallest absolute Gasteiger partial charge is 0.246 e. The van der Waals surface area contributed by atoms with Gasteiger partial charge < -0.3 is 9.64 Å². The van der Waals surface area contributed by atoms with E-state index >= 15 is 0 Å². The van der Waals surface area contributed by atoms with Crippen LogP contribution in [0.3, 0.4) is 0 Å². The third-order valence-electron chi connectivity index (χ3n) is 5.43. The predicted octanol–water partition coefficient (Wildman–Crippen LogP) is 6.76. The topological polar surface area (TPSA) is 29.5 Å². The van der Waals surface area contributed by atoms with Crippen LogP contribution in [0.15, 0.2) is 12.2 Å². The first-order valence-corrected chi connectivity index (χ1v) is 11.6. The summed E-state index contributed by atoms with van der Waals surface area (Å²) >= 11 is 0. The van der Waals surface area contributed by atoms with Crippen LogP contribution in [0, 0.1) is 5.92 Å². The van der Waals surface area contributed by atoms with Crippen LogP contribution in [-0.4, -0.2) is 37.6 Å². The summed E-state index contributed by atoms with van der Waals surface area (Å²) in [6.45, 7) is 8.62. The van der Waals surface area contributed by atoms with Gasteiger partial charge in [-0.1, -0.05) is 97.0 Å². The Kier molecular flexibility index (Phi) is 19.3. The van der Waals surface area contributed by atoms with Crippen molar-refractivity contribution in [3.05, 3.63) is 12.2 Å². The zero-order chi connectivity index (χ0) is 20.2. The number of allylic oxidation sites excluding steroid dienone is 1. The molecule has 0 bridgehead atoms. The van der Waals surface area contributed by atoms with Crippen molar-refractivity contribution in [3.63, 3.8) is 0 Å². The number of unbranched alkanes of at least 4 members (excludes halogenated alkanes) is 8. The maximum absolute atomic E-state index is 12.3. The fraction of sp³-hybridized carbons (Fsp3) is 0.875. The first-order valence-electron chi connectivity index (χ1n) is 11.6. The number of hydrogen-bond donors (Lipinski definition) is 0. The summed E-state index contributed by atoms with van der Waals surface area (Å²) in [7, 11) is 1.70. The number of nitrogens with zero attached hydrogens (tertiary/aromatic N) is 1. The molecule has 0 aliphatic rings. The SMILES string of the molecule is C/C=C\C(=O)N(CCOC)CCC(CCCCCC)CCCCCCCC. The Morgan fingerprint density at radius 1 is 0.852 bits per heavy atom. The predicted molar refractivity (Wildman–Crippen MR) is 118 cm³/mol. The molecule has 1 unspecified atom stereocenters. The van der Waals surface area contributed by atoms with Crippen molar-refractivity contribution in [2.75, 3.05) is 26.8 Å². The number of ether oxygens (including phenoxy) is 1. The fourth-order valence-electron chi connectivity index (χ4n) is 3.63. The number of carbonyl (C=O) groups is 1. The van der Waals surface area contributed by atoms with Crippen molar-refractivity contribution < 1.29 is 9.53 Å². The molecule has 27 heavy (non-hydrogen) atoms. The monoisotopic (exact) mass is 381 g/mol. The zero-order valence-electron chi connectivity index (χ0n) is 18.8. The zero-order valence-corrected chi connectivity index (χ0v) is 18.8. The van der Waals surface area contributed by atoms with E-state index in [0.717, 1.165) is 18.9 Å². The van der Waals surface area contributed by atoms with Gasteiger partial charge >= 0.3 is 0 Å². The molecule has 3 heteroatoms. The van der Waals surface area contributed by atoms with Crippen LogP contribution in [-0.2, 0) is 9.53 Å². The van der Waals surface area contributed by atoms with E-state index in [-0.39, 0.29) is 5.91 Å². The van der Waals surface area contributed by atoms with Crippen LogP contribution in [0.25, 0.3) is 0 Å². The molecule has 160 valence electrons. The van der Waals surface area contributed by atoms with Crippen molar-refractivity contribution in [1.82, 2.24) is 4.90 Å². The normalized spacial score (nSPS) is 12.6. The molecule has 0 aromatic rings. The van der Waals surface area contributed by atoms with Crippen LogP contribution < -0.4 is 0 Å². The van der Waals surface area contributed by atoms with E-state index in [1.165, 1.54) is 77.0 Å². The Hall–Kier alpha value is -0.830. The van der Waals surface area contributed by atoms with Crippen LogP contribution in [0.5, 0.6) is 0 Å². The van der Waals surface area contributed by atoms with Gasteiger partial charge in [0.1, 0.15) is 0 Å². The minimum absolute atomic E-state index is 0.124. The molecule has 1 amide bonds. The van der Waals surface area contributed by atoms with Crippen molar-refractivity contribution >= 4 is 5.91 Å². The molecule has 0 saturated heterocycles. The highest BCUT2D eigenvalue weighted by Gasteiger charge is 2.14. The van der Waals surface area contributed by atoms with Gasteiger partial charge in [-0.15, -0.1) is 0 Å². The molecule has 3 nitrogen and oxygen atoms in total. The van der Waals surface area contributed by atoms with Gasteiger partial charge in [0.25, 0.3) is 0 Å². The number of methoxy groups -OCH3 is 1. The molecule has 1 atom stereocenters. The maximum Gasteiger partial charge on any atom is 0.246 e. The number of amides is 1. The Balaban J connectivity index is 4.42. The second-order valence-electron chi connectivity index (χ2n) is 7.88. The molecule has 0 spiro atoms. The maximum atomic E-state index is 12.3. The van der Waals surface area contributed by atoms with Crippen molar-refractivity contribution in [3.8, 4) is 0 Å². The van der Waals surface area contributed by atoms with Gasteiger partial charge in [-0.05, 0) is 25.3 Å². The van der Waals surface area contributed by atoms with Crippen LogP contribution in [0.1, 0.15) is 104 Å². The molecule has 0 aromatic carbocycles. The van der Waals surface area contributed by atoms with Gasteiger partial charge in [0.2, 0.25) is 5.91 Å². The third kappa shape index (κ3) is 15.9. The lowest BCUT2D eigenvalue weighted by Crippen LogP contribution is -2.34. The average Bonchev–Trinajstić information content (AvgIpc) is 2.67. The lowest BCUT2D eigenvalue weighted by atomic mass is 9.91. The van der Waals surface area contributed by atoms with Crippen molar-refractivity contribution in [2.24, 2.45) is 5.92 Å². The number of carbonyl (C=O) groups excluding carboxylic acids is 1.